The highest BCUT2D eigenvalue weighted by molar-refractivity contribution is 5.94. The van der Waals surface area contributed by atoms with E-state index in [1.165, 1.54) is 10.8 Å². The standard InChI is InChI=1S/C23H25N5O3/c1-2-31-23(21(29)26-15-16-10-12-17(13-11-16)20(24)25)28-14-6-9-19(22(28)30)27-18-7-4-3-5-8-18/h3-14,23,27H,2,15H2,1H3,(H3,24,25)(H,26,29). The number of nitrogen functional groups attached to an aromatic ring is 1. The lowest BCUT2D eigenvalue weighted by molar-refractivity contribution is -0.139. The van der Waals surface area contributed by atoms with E-state index in [2.05, 4.69) is 10.6 Å². The summed E-state index contributed by atoms with van der Waals surface area (Å²) in [6.45, 7) is 2.27. The van der Waals surface area contributed by atoms with Crippen LogP contribution in [-0.4, -0.2) is 22.9 Å². The normalized spacial score (nSPS) is 11.5. The van der Waals surface area contributed by atoms with Gasteiger partial charge in [-0.3, -0.25) is 19.6 Å². The van der Waals surface area contributed by atoms with Crippen molar-refractivity contribution < 1.29 is 9.53 Å². The lowest BCUT2D eigenvalue weighted by Crippen LogP contribution is -2.38. The predicted octanol–water partition coefficient (Wildman–Crippen LogP) is 2.73. The number of nitrogens with two attached hydrogens (primary N) is 1. The third-order valence-corrected chi connectivity index (χ3v) is 4.56. The Morgan fingerprint density at radius 1 is 1.10 bits per heavy atom. The Hall–Kier alpha value is -3.91. The highest BCUT2D eigenvalue weighted by Gasteiger charge is 2.22. The number of para-hydroxylation sites is 1. The summed E-state index contributed by atoms with van der Waals surface area (Å²) in [5, 5.41) is 13.3. The van der Waals surface area contributed by atoms with Gasteiger partial charge in [0.05, 0.1) is 0 Å². The van der Waals surface area contributed by atoms with Crippen LogP contribution in [0.2, 0.25) is 0 Å². The van der Waals surface area contributed by atoms with Gasteiger partial charge in [0.2, 0.25) is 6.23 Å². The van der Waals surface area contributed by atoms with E-state index in [-0.39, 0.29) is 24.5 Å². The van der Waals surface area contributed by atoms with Gasteiger partial charge in [-0.1, -0.05) is 42.5 Å². The summed E-state index contributed by atoms with van der Waals surface area (Å²) in [4.78, 5) is 25.8. The maximum absolute atomic E-state index is 13.0. The predicted molar refractivity (Wildman–Crippen MR) is 120 cm³/mol. The quantitative estimate of drug-likeness (QED) is 0.314. The molecule has 1 amide bonds. The minimum absolute atomic E-state index is 0.0182. The number of amidine groups is 1. The number of ether oxygens (including phenoxy) is 1. The van der Waals surface area contributed by atoms with Crippen molar-refractivity contribution in [2.45, 2.75) is 19.7 Å². The van der Waals surface area contributed by atoms with Gasteiger partial charge in [0.15, 0.2) is 0 Å². The van der Waals surface area contributed by atoms with E-state index in [0.717, 1.165) is 11.3 Å². The molecular formula is C23H25N5O3. The Balaban J connectivity index is 1.76. The van der Waals surface area contributed by atoms with Crippen LogP contribution in [0.5, 0.6) is 0 Å². The van der Waals surface area contributed by atoms with Crippen molar-refractivity contribution in [3.05, 3.63) is 94.4 Å². The van der Waals surface area contributed by atoms with Gasteiger partial charge in [-0.2, -0.15) is 0 Å². The fourth-order valence-electron chi connectivity index (χ4n) is 2.99. The number of hydrogen-bond acceptors (Lipinski definition) is 5. The highest BCUT2D eigenvalue weighted by Crippen LogP contribution is 2.14. The first-order valence-corrected chi connectivity index (χ1v) is 9.85. The van der Waals surface area contributed by atoms with Crippen LogP contribution in [0.1, 0.15) is 24.3 Å². The van der Waals surface area contributed by atoms with E-state index < -0.39 is 12.1 Å². The molecule has 0 saturated carbocycles. The number of benzene rings is 2. The molecule has 0 aliphatic rings. The Morgan fingerprint density at radius 3 is 2.45 bits per heavy atom. The second-order valence-electron chi connectivity index (χ2n) is 6.76. The van der Waals surface area contributed by atoms with Crippen LogP contribution < -0.4 is 21.9 Å². The molecular weight excluding hydrogens is 394 g/mol. The molecule has 1 aromatic heterocycles. The van der Waals surface area contributed by atoms with E-state index >= 15 is 0 Å². The SMILES string of the molecule is CCOC(C(=O)NCc1ccc(C(=N)N)cc1)n1cccc(Nc2ccccc2)c1=O. The van der Waals surface area contributed by atoms with Gasteiger partial charge in [-0.05, 0) is 36.8 Å². The lowest BCUT2D eigenvalue weighted by Gasteiger charge is -2.20. The summed E-state index contributed by atoms with van der Waals surface area (Å²) in [5.41, 5.74) is 7.64. The zero-order valence-corrected chi connectivity index (χ0v) is 17.2. The number of amides is 1. The summed E-state index contributed by atoms with van der Waals surface area (Å²) in [7, 11) is 0. The first-order chi connectivity index (χ1) is 15.0. The van der Waals surface area contributed by atoms with Gasteiger partial charge in [-0.15, -0.1) is 0 Å². The maximum Gasteiger partial charge on any atom is 0.276 e. The van der Waals surface area contributed by atoms with Gasteiger partial charge in [0.1, 0.15) is 11.5 Å². The van der Waals surface area contributed by atoms with E-state index in [1.54, 1.807) is 43.3 Å². The van der Waals surface area contributed by atoms with Gasteiger partial charge < -0.3 is 21.1 Å². The first-order valence-electron chi connectivity index (χ1n) is 9.85. The van der Waals surface area contributed by atoms with E-state index in [0.29, 0.717) is 11.3 Å². The highest BCUT2D eigenvalue weighted by atomic mass is 16.5. The molecule has 31 heavy (non-hydrogen) atoms. The molecule has 3 rings (SSSR count). The van der Waals surface area contributed by atoms with E-state index in [1.807, 2.05) is 30.3 Å². The Kier molecular flexibility index (Phi) is 7.18. The fourth-order valence-corrected chi connectivity index (χ4v) is 2.99. The molecule has 8 nitrogen and oxygen atoms in total. The van der Waals surface area contributed by atoms with Crippen molar-refractivity contribution in [2.75, 3.05) is 11.9 Å². The molecule has 0 aliphatic heterocycles. The average Bonchev–Trinajstić information content (AvgIpc) is 2.78. The minimum Gasteiger partial charge on any atom is -0.384 e. The number of rotatable bonds is 9. The van der Waals surface area contributed by atoms with Crippen molar-refractivity contribution >= 4 is 23.1 Å². The Labute approximate surface area is 180 Å². The number of carbonyl (C=O) groups is 1. The molecule has 0 bridgehead atoms. The summed E-state index contributed by atoms with van der Waals surface area (Å²) < 4.78 is 6.86. The molecule has 1 atom stereocenters. The first kappa shape index (κ1) is 21.8. The number of carbonyl (C=O) groups excluding carboxylic acids is 1. The number of nitrogens with zero attached hydrogens (tertiary/aromatic N) is 1. The summed E-state index contributed by atoms with van der Waals surface area (Å²) in [6.07, 6.45) is 0.423. The number of anilines is 2. The molecule has 2 aromatic carbocycles. The summed E-state index contributed by atoms with van der Waals surface area (Å²) >= 11 is 0. The zero-order valence-electron chi connectivity index (χ0n) is 17.2. The van der Waals surface area contributed by atoms with Crippen molar-refractivity contribution in [1.82, 2.24) is 9.88 Å². The summed E-state index contributed by atoms with van der Waals surface area (Å²) in [5.74, 6) is -0.452. The van der Waals surface area contributed by atoms with Crippen LogP contribution in [0.15, 0.2) is 77.7 Å². The van der Waals surface area contributed by atoms with Crippen molar-refractivity contribution in [3.8, 4) is 0 Å². The van der Waals surface area contributed by atoms with Gasteiger partial charge in [0.25, 0.3) is 11.5 Å². The second-order valence-corrected chi connectivity index (χ2v) is 6.76. The van der Waals surface area contributed by atoms with Gasteiger partial charge in [0, 0.05) is 30.6 Å². The van der Waals surface area contributed by atoms with Gasteiger partial charge in [-0.25, -0.2) is 0 Å². The van der Waals surface area contributed by atoms with E-state index in [9.17, 15) is 9.59 Å². The van der Waals surface area contributed by atoms with Crippen molar-refractivity contribution in [3.63, 3.8) is 0 Å². The minimum atomic E-state index is -1.11. The molecule has 0 fully saturated rings. The van der Waals surface area contributed by atoms with Crippen LogP contribution >= 0.6 is 0 Å². The molecule has 1 heterocycles. The number of hydrogen-bond donors (Lipinski definition) is 4. The number of nitrogens with one attached hydrogen (secondary N) is 3. The van der Waals surface area contributed by atoms with Crippen LogP contribution in [0.4, 0.5) is 11.4 Å². The molecule has 5 N–H and O–H groups in total. The third kappa shape index (κ3) is 5.58. The molecule has 8 heteroatoms. The van der Waals surface area contributed by atoms with Crippen LogP contribution in [0.3, 0.4) is 0 Å². The molecule has 1 unspecified atom stereocenters. The largest absolute Gasteiger partial charge is 0.384 e. The van der Waals surface area contributed by atoms with Crippen LogP contribution in [-0.2, 0) is 16.1 Å². The molecule has 160 valence electrons. The topological polar surface area (TPSA) is 122 Å². The zero-order chi connectivity index (χ0) is 22.2. The molecule has 0 spiro atoms. The van der Waals surface area contributed by atoms with Crippen molar-refractivity contribution in [2.24, 2.45) is 5.73 Å². The van der Waals surface area contributed by atoms with Crippen LogP contribution in [0, 0.1) is 5.41 Å². The molecule has 0 aliphatic carbocycles. The molecule has 0 saturated heterocycles. The number of pyridine rings is 1. The lowest BCUT2D eigenvalue weighted by atomic mass is 10.1. The van der Waals surface area contributed by atoms with Crippen molar-refractivity contribution in [1.29, 1.82) is 5.41 Å². The van der Waals surface area contributed by atoms with Crippen LogP contribution in [0.25, 0.3) is 0 Å². The fraction of sp³-hybridized carbons (Fsp3) is 0.174. The van der Waals surface area contributed by atoms with Gasteiger partial charge >= 0.3 is 0 Å². The summed E-state index contributed by atoms with van der Waals surface area (Å²) in [6, 6.07) is 19.6. The molecule has 3 aromatic rings. The maximum atomic E-state index is 13.0. The monoisotopic (exact) mass is 419 g/mol. The second kappa shape index (κ2) is 10.2. The number of aromatic nitrogens is 1. The Bertz CT molecular complexity index is 1090. The molecule has 0 radical (unpaired) electrons. The Morgan fingerprint density at radius 2 is 1.81 bits per heavy atom. The average molecular weight is 419 g/mol. The van der Waals surface area contributed by atoms with E-state index in [4.69, 9.17) is 15.9 Å². The smallest absolute Gasteiger partial charge is 0.276 e. The third-order valence-electron chi connectivity index (χ3n) is 4.56.